The van der Waals surface area contributed by atoms with Gasteiger partial charge < -0.3 is 4.90 Å². The number of fused-ring (bicyclic) bond motifs is 8. The SMILES string of the molecule is C=C/C=C(\C=C)C1(c2ccccc2)c2ccccc2-c2c1c1ccc(N(c3ccccc3)c3ccccc3)cc1c1ccccc21. The molecule has 7 aromatic rings. The van der Waals surface area contributed by atoms with Crippen molar-refractivity contribution in [3.63, 3.8) is 0 Å². The van der Waals surface area contributed by atoms with E-state index in [-0.39, 0.29) is 0 Å². The van der Waals surface area contributed by atoms with Gasteiger partial charge in [-0.05, 0) is 91.3 Å². The van der Waals surface area contributed by atoms with Crippen LogP contribution in [0.1, 0.15) is 16.7 Å². The molecule has 1 atom stereocenters. The lowest BCUT2D eigenvalue weighted by atomic mass is 9.66. The Balaban J connectivity index is 1.54. The number of hydrogen-bond donors (Lipinski definition) is 0. The molecule has 218 valence electrons. The zero-order valence-electron chi connectivity index (χ0n) is 25.6. The zero-order valence-corrected chi connectivity index (χ0v) is 25.6. The third-order valence-electron chi connectivity index (χ3n) is 9.43. The molecule has 0 bridgehead atoms. The molecule has 0 radical (unpaired) electrons. The van der Waals surface area contributed by atoms with Gasteiger partial charge >= 0.3 is 0 Å². The Labute approximate surface area is 270 Å². The van der Waals surface area contributed by atoms with Crippen molar-refractivity contribution in [3.8, 4) is 11.1 Å². The van der Waals surface area contributed by atoms with Crippen molar-refractivity contribution in [1.82, 2.24) is 0 Å². The van der Waals surface area contributed by atoms with Gasteiger partial charge in [0.25, 0.3) is 0 Å². The predicted octanol–water partition coefficient (Wildman–Crippen LogP) is 12.1. The first-order valence-corrected chi connectivity index (χ1v) is 15.8. The number of nitrogens with zero attached hydrogens (tertiary/aromatic N) is 1. The summed E-state index contributed by atoms with van der Waals surface area (Å²) in [6.07, 6.45) is 6.04. The van der Waals surface area contributed by atoms with Crippen LogP contribution >= 0.6 is 0 Å². The number of anilines is 3. The molecule has 0 saturated carbocycles. The van der Waals surface area contributed by atoms with E-state index in [9.17, 15) is 0 Å². The molecule has 1 aliphatic carbocycles. The number of rotatable bonds is 7. The quantitative estimate of drug-likeness (QED) is 0.132. The van der Waals surface area contributed by atoms with Crippen LogP contribution in [0.5, 0.6) is 0 Å². The molecule has 7 aromatic carbocycles. The largest absolute Gasteiger partial charge is 0.310 e. The maximum atomic E-state index is 4.36. The van der Waals surface area contributed by atoms with Crippen molar-refractivity contribution in [3.05, 3.63) is 211 Å². The fraction of sp³-hybridized carbons (Fsp3) is 0.0222. The summed E-state index contributed by atoms with van der Waals surface area (Å²) in [5.74, 6) is 0. The number of allylic oxidation sites excluding steroid dienone is 4. The van der Waals surface area contributed by atoms with Gasteiger partial charge in [-0.25, -0.2) is 0 Å². The first-order valence-electron chi connectivity index (χ1n) is 15.8. The lowest BCUT2D eigenvalue weighted by molar-refractivity contribution is 0.775. The molecule has 46 heavy (non-hydrogen) atoms. The Hall–Kier alpha value is -5.92. The molecule has 0 heterocycles. The second-order valence-corrected chi connectivity index (χ2v) is 11.8. The summed E-state index contributed by atoms with van der Waals surface area (Å²) >= 11 is 0. The molecule has 0 N–H and O–H groups in total. The second kappa shape index (κ2) is 11.2. The molecule has 0 amide bonds. The maximum absolute atomic E-state index is 4.36. The van der Waals surface area contributed by atoms with E-state index < -0.39 is 5.41 Å². The van der Waals surface area contributed by atoms with Gasteiger partial charge in [-0.2, -0.15) is 0 Å². The summed E-state index contributed by atoms with van der Waals surface area (Å²) in [5.41, 5.74) is 10.2. The molecule has 0 fully saturated rings. The van der Waals surface area contributed by atoms with Crippen molar-refractivity contribution in [2.75, 3.05) is 4.90 Å². The Bertz CT molecular complexity index is 2240. The summed E-state index contributed by atoms with van der Waals surface area (Å²) in [6, 6.07) is 56.9. The predicted molar refractivity (Wildman–Crippen MR) is 196 cm³/mol. The number of para-hydroxylation sites is 2. The summed E-state index contributed by atoms with van der Waals surface area (Å²) in [6.45, 7) is 8.49. The molecular weight excluding hydrogens is 555 g/mol. The Morgan fingerprint density at radius 2 is 1.11 bits per heavy atom. The third-order valence-corrected chi connectivity index (χ3v) is 9.43. The average Bonchev–Trinajstić information content (AvgIpc) is 3.44. The standard InChI is InChI=1S/C45H33N/c1-3-18-32(4-2)45(33-19-8-5-9-20-33)42-28-17-16-27-40(42)43-38-26-15-14-25-37(38)41-31-36(29-30-39(41)44(43)45)46(34-21-10-6-11-22-34)35-23-12-7-13-24-35/h3-31H,1-2H2/b32-18+. The van der Waals surface area contributed by atoms with E-state index >= 15 is 0 Å². The van der Waals surface area contributed by atoms with Crippen LogP contribution in [0.15, 0.2) is 195 Å². The minimum Gasteiger partial charge on any atom is -0.310 e. The van der Waals surface area contributed by atoms with Crippen molar-refractivity contribution in [2.45, 2.75) is 5.41 Å². The third kappa shape index (κ3) is 4.02. The van der Waals surface area contributed by atoms with Crippen molar-refractivity contribution >= 4 is 38.6 Å². The van der Waals surface area contributed by atoms with E-state index in [0.29, 0.717) is 0 Å². The number of benzene rings is 7. The van der Waals surface area contributed by atoms with E-state index in [1.807, 2.05) is 12.2 Å². The molecule has 1 nitrogen and oxygen atoms in total. The van der Waals surface area contributed by atoms with Gasteiger partial charge in [0.15, 0.2) is 0 Å². The van der Waals surface area contributed by atoms with Crippen LogP contribution in [0.4, 0.5) is 17.1 Å². The highest BCUT2D eigenvalue weighted by Gasteiger charge is 2.48. The van der Waals surface area contributed by atoms with Crippen LogP contribution in [-0.4, -0.2) is 0 Å². The van der Waals surface area contributed by atoms with Gasteiger partial charge in [-0.15, -0.1) is 0 Å². The van der Waals surface area contributed by atoms with E-state index in [1.165, 1.54) is 49.4 Å². The Morgan fingerprint density at radius 1 is 0.522 bits per heavy atom. The van der Waals surface area contributed by atoms with Gasteiger partial charge in [0.05, 0.1) is 5.41 Å². The van der Waals surface area contributed by atoms with Crippen LogP contribution < -0.4 is 4.90 Å². The van der Waals surface area contributed by atoms with Crippen LogP contribution in [0.25, 0.3) is 32.7 Å². The zero-order chi connectivity index (χ0) is 31.1. The van der Waals surface area contributed by atoms with Gasteiger partial charge in [-0.3, -0.25) is 0 Å². The average molecular weight is 588 g/mol. The maximum Gasteiger partial charge on any atom is 0.0719 e. The minimum absolute atomic E-state index is 0.578. The second-order valence-electron chi connectivity index (χ2n) is 11.8. The van der Waals surface area contributed by atoms with Gasteiger partial charge in [0.2, 0.25) is 0 Å². The molecule has 1 aliphatic rings. The minimum atomic E-state index is -0.578. The fourth-order valence-corrected chi connectivity index (χ4v) is 7.68. The van der Waals surface area contributed by atoms with E-state index in [2.05, 4.69) is 182 Å². The lowest BCUT2D eigenvalue weighted by Gasteiger charge is -2.36. The van der Waals surface area contributed by atoms with Crippen molar-refractivity contribution < 1.29 is 0 Å². The monoisotopic (exact) mass is 587 g/mol. The molecule has 0 spiro atoms. The van der Waals surface area contributed by atoms with Gasteiger partial charge in [-0.1, -0.05) is 153 Å². The summed E-state index contributed by atoms with van der Waals surface area (Å²) in [4.78, 5) is 2.34. The topological polar surface area (TPSA) is 3.24 Å². The summed E-state index contributed by atoms with van der Waals surface area (Å²) < 4.78 is 0. The van der Waals surface area contributed by atoms with Crippen LogP contribution in [0.3, 0.4) is 0 Å². The van der Waals surface area contributed by atoms with Gasteiger partial charge in [0, 0.05) is 17.1 Å². The molecular formula is C45H33N. The molecule has 1 unspecified atom stereocenters. The first kappa shape index (κ1) is 27.6. The van der Waals surface area contributed by atoms with E-state index in [1.54, 1.807) is 0 Å². The lowest BCUT2D eigenvalue weighted by Crippen LogP contribution is -2.29. The molecule has 0 aromatic heterocycles. The molecule has 8 rings (SSSR count). The fourth-order valence-electron chi connectivity index (χ4n) is 7.68. The highest BCUT2D eigenvalue weighted by Crippen LogP contribution is 2.60. The van der Waals surface area contributed by atoms with Crippen molar-refractivity contribution in [1.29, 1.82) is 0 Å². The van der Waals surface area contributed by atoms with E-state index in [4.69, 9.17) is 0 Å². The van der Waals surface area contributed by atoms with Gasteiger partial charge in [0.1, 0.15) is 0 Å². The smallest absolute Gasteiger partial charge is 0.0719 e. The molecule has 0 saturated heterocycles. The van der Waals surface area contributed by atoms with Crippen LogP contribution in [-0.2, 0) is 5.41 Å². The first-order chi connectivity index (χ1) is 22.8. The normalized spacial score (nSPS) is 15.3. The summed E-state index contributed by atoms with van der Waals surface area (Å²) in [7, 11) is 0. The highest BCUT2D eigenvalue weighted by molar-refractivity contribution is 6.20. The Kier molecular flexibility index (Phi) is 6.73. The highest BCUT2D eigenvalue weighted by atomic mass is 15.1. The molecule has 1 heteroatoms. The van der Waals surface area contributed by atoms with Crippen LogP contribution in [0.2, 0.25) is 0 Å². The number of hydrogen-bond acceptors (Lipinski definition) is 1. The van der Waals surface area contributed by atoms with Crippen molar-refractivity contribution in [2.24, 2.45) is 0 Å². The Morgan fingerprint density at radius 3 is 1.76 bits per heavy atom. The summed E-state index contributed by atoms with van der Waals surface area (Å²) in [5, 5.41) is 4.94. The van der Waals surface area contributed by atoms with Crippen LogP contribution in [0, 0.1) is 0 Å². The van der Waals surface area contributed by atoms with E-state index in [0.717, 1.165) is 22.6 Å². The molecule has 0 aliphatic heterocycles.